The Morgan fingerprint density at radius 1 is 1.30 bits per heavy atom. The summed E-state index contributed by atoms with van der Waals surface area (Å²) < 4.78 is 7.25. The van der Waals surface area contributed by atoms with Crippen LogP contribution in [0.25, 0.3) is 11.3 Å². The van der Waals surface area contributed by atoms with Crippen molar-refractivity contribution < 1.29 is 9.53 Å². The molecule has 1 amide bonds. The van der Waals surface area contributed by atoms with E-state index < -0.39 is 0 Å². The molecular weight excluding hydrogens is 398 g/mol. The minimum Gasteiger partial charge on any atom is -0.381 e. The number of aromatic nitrogens is 4. The van der Waals surface area contributed by atoms with Gasteiger partial charge in [-0.1, -0.05) is 12.1 Å². The van der Waals surface area contributed by atoms with E-state index in [0.717, 1.165) is 60.1 Å². The van der Waals surface area contributed by atoms with Crippen molar-refractivity contribution in [3.05, 3.63) is 53.0 Å². The molecule has 7 nitrogen and oxygen atoms in total. The first-order valence-electron chi connectivity index (χ1n) is 10.2. The van der Waals surface area contributed by atoms with Crippen LogP contribution in [-0.4, -0.2) is 44.3 Å². The fourth-order valence-electron chi connectivity index (χ4n) is 3.70. The van der Waals surface area contributed by atoms with Gasteiger partial charge in [-0.2, -0.15) is 22.0 Å². The molecule has 3 aromatic rings. The van der Waals surface area contributed by atoms with Crippen molar-refractivity contribution in [3.8, 4) is 11.3 Å². The van der Waals surface area contributed by atoms with E-state index in [0.29, 0.717) is 10.9 Å². The summed E-state index contributed by atoms with van der Waals surface area (Å²) in [5.41, 5.74) is 6.01. The SMILES string of the molecule is Cc1nn(C)c(C)c1-c1cc(C(=O)Nc2cccc(CSC3CCOCC3)c2)[nH]n1. The van der Waals surface area contributed by atoms with Crippen LogP contribution in [-0.2, 0) is 17.5 Å². The number of anilines is 1. The number of carbonyl (C=O) groups excluding carboxylic acids is 1. The highest BCUT2D eigenvalue weighted by Gasteiger charge is 2.18. The van der Waals surface area contributed by atoms with Gasteiger partial charge in [-0.25, -0.2) is 0 Å². The quantitative estimate of drug-likeness (QED) is 0.621. The number of nitrogens with one attached hydrogen (secondary N) is 2. The maximum atomic E-state index is 12.7. The third kappa shape index (κ3) is 4.60. The van der Waals surface area contributed by atoms with Crippen molar-refractivity contribution in [1.82, 2.24) is 20.0 Å². The first-order chi connectivity index (χ1) is 14.5. The van der Waals surface area contributed by atoms with Crippen LogP contribution in [0, 0.1) is 13.8 Å². The Balaban J connectivity index is 1.41. The topological polar surface area (TPSA) is 84.8 Å². The summed E-state index contributed by atoms with van der Waals surface area (Å²) in [6.45, 7) is 5.66. The molecule has 0 spiro atoms. The number of nitrogens with zero attached hydrogens (tertiary/aromatic N) is 3. The van der Waals surface area contributed by atoms with Crippen LogP contribution >= 0.6 is 11.8 Å². The van der Waals surface area contributed by atoms with Gasteiger partial charge >= 0.3 is 0 Å². The highest BCUT2D eigenvalue weighted by molar-refractivity contribution is 7.99. The van der Waals surface area contributed by atoms with E-state index in [9.17, 15) is 4.79 Å². The molecule has 1 saturated heterocycles. The van der Waals surface area contributed by atoms with Gasteiger partial charge in [0.1, 0.15) is 5.69 Å². The Labute approximate surface area is 180 Å². The van der Waals surface area contributed by atoms with Crippen LogP contribution < -0.4 is 5.32 Å². The van der Waals surface area contributed by atoms with Crippen molar-refractivity contribution in [2.24, 2.45) is 7.05 Å². The zero-order valence-corrected chi connectivity index (χ0v) is 18.4. The lowest BCUT2D eigenvalue weighted by molar-refractivity contribution is 0.0999. The predicted molar refractivity (Wildman–Crippen MR) is 120 cm³/mol. The summed E-state index contributed by atoms with van der Waals surface area (Å²) in [4.78, 5) is 12.7. The van der Waals surface area contributed by atoms with Crippen LogP contribution in [0.4, 0.5) is 5.69 Å². The summed E-state index contributed by atoms with van der Waals surface area (Å²) in [6, 6.07) is 9.81. The standard InChI is InChI=1S/C22H27N5O2S/c1-14-21(15(2)27(3)26-14)19-12-20(25-24-19)22(28)23-17-6-4-5-16(11-17)13-30-18-7-9-29-10-8-18/h4-6,11-12,18H,7-10,13H2,1-3H3,(H,23,28)(H,24,25). The molecule has 158 valence electrons. The van der Waals surface area contributed by atoms with E-state index >= 15 is 0 Å². The van der Waals surface area contributed by atoms with Crippen LogP contribution in [0.5, 0.6) is 0 Å². The molecule has 8 heteroatoms. The molecule has 0 aliphatic carbocycles. The normalized spacial score (nSPS) is 14.8. The molecule has 0 bridgehead atoms. The molecule has 2 aromatic heterocycles. The number of ether oxygens (including phenoxy) is 1. The van der Waals surface area contributed by atoms with Crippen LogP contribution in [0.3, 0.4) is 0 Å². The highest BCUT2D eigenvalue weighted by Crippen LogP contribution is 2.27. The zero-order chi connectivity index (χ0) is 21.1. The second kappa shape index (κ2) is 9.06. The van der Waals surface area contributed by atoms with E-state index in [4.69, 9.17) is 4.74 Å². The number of H-pyrrole nitrogens is 1. The first-order valence-corrected chi connectivity index (χ1v) is 11.2. The minimum absolute atomic E-state index is 0.206. The fourth-order valence-corrected chi connectivity index (χ4v) is 4.84. The van der Waals surface area contributed by atoms with Gasteiger partial charge in [-0.05, 0) is 50.5 Å². The van der Waals surface area contributed by atoms with Gasteiger partial charge in [0.15, 0.2) is 0 Å². The molecule has 0 radical (unpaired) electrons. The van der Waals surface area contributed by atoms with Gasteiger partial charge in [0.2, 0.25) is 0 Å². The Kier molecular flexibility index (Phi) is 6.24. The molecule has 3 heterocycles. The van der Waals surface area contributed by atoms with Gasteiger partial charge in [-0.3, -0.25) is 14.6 Å². The van der Waals surface area contributed by atoms with E-state index in [-0.39, 0.29) is 5.91 Å². The van der Waals surface area contributed by atoms with Gasteiger partial charge in [-0.15, -0.1) is 0 Å². The molecule has 1 fully saturated rings. The fraction of sp³-hybridized carbons (Fsp3) is 0.409. The maximum Gasteiger partial charge on any atom is 0.273 e. The van der Waals surface area contributed by atoms with Crippen molar-refractivity contribution in [2.75, 3.05) is 18.5 Å². The van der Waals surface area contributed by atoms with Crippen LogP contribution in [0.1, 0.15) is 40.3 Å². The molecule has 1 aliphatic rings. The van der Waals surface area contributed by atoms with E-state index in [1.54, 1.807) is 6.07 Å². The smallest absolute Gasteiger partial charge is 0.273 e. The van der Waals surface area contributed by atoms with Gasteiger partial charge in [0.05, 0.1) is 11.4 Å². The number of carbonyl (C=O) groups is 1. The number of rotatable bonds is 6. The van der Waals surface area contributed by atoms with Crippen molar-refractivity contribution >= 4 is 23.4 Å². The summed E-state index contributed by atoms with van der Waals surface area (Å²) in [6.07, 6.45) is 2.22. The molecule has 2 N–H and O–H groups in total. The van der Waals surface area contributed by atoms with Crippen LogP contribution in [0.2, 0.25) is 0 Å². The number of hydrogen-bond acceptors (Lipinski definition) is 5. The van der Waals surface area contributed by atoms with E-state index in [1.165, 1.54) is 5.56 Å². The third-order valence-corrected chi connectivity index (χ3v) is 6.87. The predicted octanol–water partition coefficient (Wildman–Crippen LogP) is 4.09. The number of aryl methyl sites for hydroxylation is 2. The van der Waals surface area contributed by atoms with E-state index in [1.807, 2.05) is 55.5 Å². The average Bonchev–Trinajstić information content (AvgIpc) is 3.32. The second-order valence-corrected chi connectivity index (χ2v) is 8.90. The number of thioether (sulfide) groups is 1. The van der Waals surface area contributed by atoms with Gasteiger partial charge in [0, 0.05) is 48.2 Å². The Hall–Kier alpha value is -2.58. The monoisotopic (exact) mass is 425 g/mol. The average molecular weight is 426 g/mol. The Bertz CT molecular complexity index is 1040. The minimum atomic E-state index is -0.206. The Morgan fingerprint density at radius 3 is 2.83 bits per heavy atom. The van der Waals surface area contributed by atoms with Gasteiger partial charge in [0.25, 0.3) is 5.91 Å². The molecule has 1 aliphatic heterocycles. The largest absolute Gasteiger partial charge is 0.381 e. The lowest BCUT2D eigenvalue weighted by Crippen LogP contribution is -2.17. The maximum absolute atomic E-state index is 12.7. The highest BCUT2D eigenvalue weighted by atomic mass is 32.2. The lowest BCUT2D eigenvalue weighted by Gasteiger charge is -2.21. The first kappa shape index (κ1) is 20.7. The zero-order valence-electron chi connectivity index (χ0n) is 17.6. The summed E-state index contributed by atoms with van der Waals surface area (Å²) in [5.74, 6) is 0.726. The molecular formula is C22H27N5O2S. The van der Waals surface area contributed by atoms with Crippen molar-refractivity contribution in [2.45, 2.75) is 37.7 Å². The Morgan fingerprint density at radius 2 is 2.10 bits per heavy atom. The molecule has 0 unspecified atom stereocenters. The lowest BCUT2D eigenvalue weighted by atomic mass is 10.1. The molecule has 1 aromatic carbocycles. The summed E-state index contributed by atoms with van der Waals surface area (Å²) >= 11 is 1.96. The summed E-state index contributed by atoms with van der Waals surface area (Å²) in [5, 5.41) is 15.2. The second-order valence-electron chi connectivity index (χ2n) is 7.61. The third-order valence-electron chi connectivity index (χ3n) is 5.43. The van der Waals surface area contributed by atoms with Crippen LogP contribution in [0.15, 0.2) is 30.3 Å². The molecule has 4 rings (SSSR count). The molecule has 30 heavy (non-hydrogen) atoms. The number of hydrogen-bond donors (Lipinski definition) is 2. The number of aromatic amines is 1. The number of amides is 1. The molecule has 0 atom stereocenters. The molecule has 0 saturated carbocycles. The van der Waals surface area contributed by atoms with Gasteiger partial charge < -0.3 is 10.1 Å². The number of benzene rings is 1. The summed E-state index contributed by atoms with van der Waals surface area (Å²) in [7, 11) is 1.90. The van der Waals surface area contributed by atoms with Crippen molar-refractivity contribution in [1.29, 1.82) is 0 Å². The van der Waals surface area contributed by atoms with Crippen molar-refractivity contribution in [3.63, 3.8) is 0 Å². The van der Waals surface area contributed by atoms with E-state index in [2.05, 4.69) is 26.7 Å².